The number of para-hydroxylation sites is 2. The predicted octanol–water partition coefficient (Wildman–Crippen LogP) is 7.24. The predicted molar refractivity (Wildman–Crippen MR) is 156 cm³/mol. The lowest BCUT2D eigenvalue weighted by molar-refractivity contribution is -0.120. The number of carbonyl (C=O) groups is 1. The second-order valence-corrected chi connectivity index (χ2v) is 10.3. The molecule has 0 bridgehead atoms. The van der Waals surface area contributed by atoms with Crippen LogP contribution in [-0.4, -0.2) is 28.6 Å². The van der Waals surface area contributed by atoms with Crippen molar-refractivity contribution < 1.29 is 9.53 Å². The van der Waals surface area contributed by atoms with Crippen molar-refractivity contribution in [2.75, 3.05) is 13.2 Å². The highest BCUT2D eigenvalue weighted by Crippen LogP contribution is 2.22. The summed E-state index contributed by atoms with van der Waals surface area (Å²) in [6.07, 6.45) is 6.45. The molecule has 1 N–H and O–H groups in total. The lowest BCUT2D eigenvalue weighted by Gasteiger charge is -2.11. The van der Waals surface area contributed by atoms with Gasteiger partial charge in [-0.05, 0) is 86.6 Å². The van der Waals surface area contributed by atoms with Gasteiger partial charge in [-0.3, -0.25) is 4.79 Å². The zero-order chi connectivity index (χ0) is 26.7. The van der Waals surface area contributed by atoms with Gasteiger partial charge in [0.05, 0.1) is 24.1 Å². The number of hydrogen-bond acceptors (Lipinski definition) is 3. The molecule has 0 saturated carbocycles. The average Bonchev–Trinajstić information content (AvgIpc) is 3.26. The number of aryl methyl sites for hydroxylation is 4. The van der Waals surface area contributed by atoms with Crippen LogP contribution < -0.4 is 10.1 Å². The van der Waals surface area contributed by atoms with Gasteiger partial charge in [-0.15, -0.1) is 0 Å². The monoisotopic (exact) mass is 531 g/mol. The van der Waals surface area contributed by atoms with Crippen LogP contribution in [0.4, 0.5) is 0 Å². The summed E-state index contributed by atoms with van der Waals surface area (Å²) in [5, 5.41) is 3.83. The van der Waals surface area contributed by atoms with Gasteiger partial charge in [-0.1, -0.05) is 54.4 Å². The van der Waals surface area contributed by atoms with Crippen LogP contribution in [0.15, 0.2) is 66.7 Å². The maximum atomic E-state index is 12.3. The van der Waals surface area contributed by atoms with Crippen molar-refractivity contribution in [1.29, 1.82) is 0 Å². The summed E-state index contributed by atoms with van der Waals surface area (Å²) >= 11 is 6.11. The van der Waals surface area contributed by atoms with Gasteiger partial charge in [0, 0.05) is 24.5 Å². The van der Waals surface area contributed by atoms with Gasteiger partial charge in [-0.2, -0.15) is 0 Å². The molecule has 0 radical (unpaired) electrons. The number of imidazole rings is 1. The number of rotatable bonds is 14. The van der Waals surface area contributed by atoms with Crippen molar-refractivity contribution in [2.24, 2.45) is 0 Å². The van der Waals surface area contributed by atoms with Crippen LogP contribution >= 0.6 is 11.6 Å². The van der Waals surface area contributed by atoms with E-state index in [0.29, 0.717) is 19.6 Å². The van der Waals surface area contributed by atoms with Crippen molar-refractivity contribution in [3.05, 3.63) is 94.3 Å². The maximum absolute atomic E-state index is 12.3. The first-order chi connectivity index (χ1) is 18.5. The van der Waals surface area contributed by atoms with E-state index in [2.05, 4.69) is 28.1 Å². The van der Waals surface area contributed by atoms with E-state index in [0.717, 1.165) is 83.9 Å². The third-order valence-corrected chi connectivity index (χ3v) is 7.34. The van der Waals surface area contributed by atoms with E-state index in [-0.39, 0.29) is 5.91 Å². The molecule has 1 amide bonds. The highest BCUT2D eigenvalue weighted by molar-refractivity contribution is 6.31. The molecule has 0 aliphatic carbocycles. The van der Waals surface area contributed by atoms with Crippen molar-refractivity contribution in [1.82, 2.24) is 14.9 Å². The van der Waals surface area contributed by atoms with Gasteiger partial charge in [0.1, 0.15) is 11.6 Å². The summed E-state index contributed by atoms with van der Waals surface area (Å²) in [5.74, 6) is 2.10. The Morgan fingerprint density at radius 1 is 0.921 bits per heavy atom. The molecule has 6 heteroatoms. The number of carbonyl (C=O) groups excluding carboxylic acids is 1. The summed E-state index contributed by atoms with van der Waals surface area (Å²) in [7, 11) is 0. The van der Waals surface area contributed by atoms with Crippen LogP contribution in [0.5, 0.6) is 5.75 Å². The lowest BCUT2D eigenvalue weighted by Crippen LogP contribution is -2.26. The average molecular weight is 532 g/mol. The maximum Gasteiger partial charge on any atom is 0.224 e. The SMILES string of the molecule is Cc1cc(OCCCCn2c(CCCCCNC(=O)Cc3ccccc3C)nc3ccccc32)ccc1Cl. The summed E-state index contributed by atoms with van der Waals surface area (Å²) in [6, 6.07) is 22.2. The molecule has 0 aliphatic heterocycles. The Labute approximate surface area is 231 Å². The molecule has 1 heterocycles. The Hall–Kier alpha value is -3.31. The molecular weight excluding hydrogens is 494 g/mol. The van der Waals surface area contributed by atoms with Crippen molar-refractivity contribution in [3.8, 4) is 5.75 Å². The minimum atomic E-state index is 0.0938. The molecule has 0 aliphatic rings. The van der Waals surface area contributed by atoms with E-state index in [1.54, 1.807) is 0 Å². The molecule has 5 nitrogen and oxygen atoms in total. The normalized spacial score (nSPS) is 11.1. The van der Waals surface area contributed by atoms with Crippen LogP contribution in [0, 0.1) is 13.8 Å². The Morgan fingerprint density at radius 2 is 1.74 bits per heavy atom. The van der Waals surface area contributed by atoms with Gasteiger partial charge in [0.2, 0.25) is 5.91 Å². The van der Waals surface area contributed by atoms with Crippen LogP contribution in [0.2, 0.25) is 5.02 Å². The number of unbranched alkanes of at least 4 members (excludes halogenated alkanes) is 3. The quantitative estimate of drug-likeness (QED) is 0.174. The van der Waals surface area contributed by atoms with Crippen LogP contribution in [0.3, 0.4) is 0 Å². The highest BCUT2D eigenvalue weighted by atomic mass is 35.5. The number of nitrogens with zero attached hydrogens (tertiary/aromatic N) is 2. The molecule has 3 aromatic carbocycles. The molecule has 200 valence electrons. The fraction of sp³-hybridized carbons (Fsp3) is 0.375. The molecule has 4 aromatic rings. The molecular formula is C32H38ClN3O2. The Bertz CT molecular complexity index is 1350. The van der Waals surface area contributed by atoms with E-state index in [1.165, 1.54) is 5.52 Å². The smallest absolute Gasteiger partial charge is 0.224 e. The van der Waals surface area contributed by atoms with Crippen molar-refractivity contribution in [3.63, 3.8) is 0 Å². The molecule has 38 heavy (non-hydrogen) atoms. The van der Waals surface area contributed by atoms with Crippen molar-refractivity contribution in [2.45, 2.75) is 65.3 Å². The van der Waals surface area contributed by atoms with Crippen LogP contribution in [0.25, 0.3) is 11.0 Å². The third kappa shape index (κ3) is 7.84. The molecule has 1 aromatic heterocycles. The summed E-state index contributed by atoms with van der Waals surface area (Å²) in [5.41, 5.74) is 5.53. The van der Waals surface area contributed by atoms with E-state index in [4.69, 9.17) is 21.3 Å². The Morgan fingerprint density at radius 3 is 2.58 bits per heavy atom. The number of nitrogens with one attached hydrogen (secondary N) is 1. The molecule has 0 saturated heterocycles. The number of amides is 1. The zero-order valence-corrected chi connectivity index (χ0v) is 23.3. The van der Waals surface area contributed by atoms with E-state index >= 15 is 0 Å². The Kier molecular flexibility index (Phi) is 10.2. The standard InChI is InChI=1S/C32H38ClN3O2/c1-24-12-5-6-13-26(24)23-32(37)34-19-9-3-4-16-31-35-29-14-7-8-15-30(29)36(31)20-10-11-21-38-27-17-18-28(33)25(2)22-27/h5-8,12-15,17-18,22H,3-4,9-11,16,19-21,23H2,1-2H3,(H,34,37). The first-order valence-electron chi connectivity index (χ1n) is 13.7. The highest BCUT2D eigenvalue weighted by Gasteiger charge is 2.10. The van der Waals surface area contributed by atoms with E-state index < -0.39 is 0 Å². The number of benzene rings is 3. The number of fused-ring (bicyclic) bond motifs is 1. The first kappa shape index (κ1) is 27.7. The third-order valence-electron chi connectivity index (χ3n) is 6.92. The number of ether oxygens (including phenoxy) is 1. The minimum absolute atomic E-state index is 0.0938. The van der Waals surface area contributed by atoms with E-state index in [9.17, 15) is 4.79 Å². The lowest BCUT2D eigenvalue weighted by atomic mass is 10.1. The molecule has 0 atom stereocenters. The van der Waals surface area contributed by atoms with Crippen LogP contribution in [0.1, 0.15) is 54.6 Å². The number of halogens is 1. The molecule has 0 spiro atoms. The van der Waals surface area contributed by atoms with Gasteiger partial charge >= 0.3 is 0 Å². The number of aromatic nitrogens is 2. The molecule has 4 rings (SSSR count). The van der Waals surface area contributed by atoms with Gasteiger partial charge in [-0.25, -0.2) is 4.98 Å². The second kappa shape index (κ2) is 14.0. The molecule has 0 unspecified atom stereocenters. The van der Waals surface area contributed by atoms with Gasteiger partial charge in [0.15, 0.2) is 0 Å². The van der Waals surface area contributed by atoms with E-state index in [1.807, 2.05) is 62.4 Å². The second-order valence-electron chi connectivity index (χ2n) is 9.90. The fourth-order valence-electron chi connectivity index (χ4n) is 4.69. The first-order valence-corrected chi connectivity index (χ1v) is 14.0. The fourth-order valence-corrected chi connectivity index (χ4v) is 4.81. The van der Waals surface area contributed by atoms with Gasteiger partial charge in [0.25, 0.3) is 0 Å². The van der Waals surface area contributed by atoms with Crippen LogP contribution in [-0.2, 0) is 24.2 Å². The van der Waals surface area contributed by atoms with Gasteiger partial charge < -0.3 is 14.6 Å². The Balaban J connectivity index is 1.20. The summed E-state index contributed by atoms with van der Waals surface area (Å²) in [6.45, 7) is 6.36. The largest absolute Gasteiger partial charge is 0.494 e. The molecule has 0 fully saturated rings. The van der Waals surface area contributed by atoms with Crippen molar-refractivity contribution >= 4 is 28.5 Å². The summed E-state index contributed by atoms with van der Waals surface area (Å²) in [4.78, 5) is 17.2. The topological polar surface area (TPSA) is 56.1 Å². The zero-order valence-electron chi connectivity index (χ0n) is 22.5. The minimum Gasteiger partial charge on any atom is -0.494 e. The number of hydrogen-bond donors (Lipinski definition) is 1. The summed E-state index contributed by atoms with van der Waals surface area (Å²) < 4.78 is 8.29.